The molecule has 0 aliphatic rings. The molecule has 2 aromatic carbocycles. The molecule has 0 atom stereocenters. The number of nitrogens with zero attached hydrogens (tertiary/aromatic N) is 2. The number of benzene rings is 2. The fourth-order valence-corrected chi connectivity index (χ4v) is 2.41. The van der Waals surface area contributed by atoms with Gasteiger partial charge in [-0.1, -0.05) is 36.4 Å². The molecule has 0 radical (unpaired) electrons. The lowest BCUT2D eigenvalue weighted by Gasteiger charge is -2.07. The topological polar surface area (TPSA) is 75.0 Å². The Bertz CT molecular complexity index is 980. The highest BCUT2D eigenvalue weighted by molar-refractivity contribution is 6.12. The SMILES string of the molecule is COc1ccc(/C=C(/C#N)C(=O)Nc2nccc3ccccc23)cc1. The molecule has 5 nitrogen and oxygen atoms in total. The number of ether oxygens (including phenoxy) is 1. The molecule has 0 fully saturated rings. The van der Waals surface area contributed by atoms with Gasteiger partial charge in [-0.25, -0.2) is 4.98 Å². The van der Waals surface area contributed by atoms with Crippen LogP contribution in [-0.2, 0) is 4.79 Å². The molecule has 0 saturated heterocycles. The molecule has 1 heterocycles. The van der Waals surface area contributed by atoms with E-state index in [4.69, 9.17) is 4.74 Å². The van der Waals surface area contributed by atoms with Gasteiger partial charge in [0.25, 0.3) is 5.91 Å². The highest BCUT2D eigenvalue weighted by atomic mass is 16.5. The van der Waals surface area contributed by atoms with Crippen molar-refractivity contribution in [2.24, 2.45) is 0 Å². The van der Waals surface area contributed by atoms with Gasteiger partial charge in [0.1, 0.15) is 23.2 Å². The molecule has 0 saturated carbocycles. The second-order valence-corrected chi connectivity index (χ2v) is 5.28. The van der Waals surface area contributed by atoms with Gasteiger partial charge < -0.3 is 10.1 Å². The number of hydrogen-bond donors (Lipinski definition) is 1. The Kier molecular flexibility index (Phi) is 4.72. The maximum absolute atomic E-state index is 12.4. The van der Waals surface area contributed by atoms with Gasteiger partial charge in [0.2, 0.25) is 0 Å². The molecule has 1 aromatic heterocycles. The summed E-state index contributed by atoms with van der Waals surface area (Å²) in [7, 11) is 1.58. The van der Waals surface area contributed by atoms with E-state index in [9.17, 15) is 10.1 Å². The molecule has 1 N–H and O–H groups in total. The minimum atomic E-state index is -0.498. The van der Waals surface area contributed by atoms with Crippen molar-refractivity contribution < 1.29 is 9.53 Å². The smallest absolute Gasteiger partial charge is 0.267 e. The van der Waals surface area contributed by atoms with Crippen LogP contribution in [0.25, 0.3) is 16.8 Å². The maximum Gasteiger partial charge on any atom is 0.267 e. The molecule has 122 valence electrons. The van der Waals surface area contributed by atoms with Crippen LogP contribution in [0.2, 0.25) is 0 Å². The monoisotopic (exact) mass is 329 g/mol. The quantitative estimate of drug-likeness (QED) is 0.584. The number of pyridine rings is 1. The zero-order valence-corrected chi connectivity index (χ0v) is 13.6. The highest BCUT2D eigenvalue weighted by Gasteiger charge is 2.12. The average Bonchev–Trinajstić information content (AvgIpc) is 2.66. The third-order valence-corrected chi connectivity index (χ3v) is 3.70. The van der Waals surface area contributed by atoms with Crippen molar-refractivity contribution in [2.75, 3.05) is 12.4 Å². The predicted molar refractivity (Wildman–Crippen MR) is 97.0 cm³/mol. The van der Waals surface area contributed by atoms with E-state index >= 15 is 0 Å². The Morgan fingerprint density at radius 1 is 1.16 bits per heavy atom. The Hall–Kier alpha value is -3.65. The van der Waals surface area contributed by atoms with E-state index in [0.717, 1.165) is 16.3 Å². The molecule has 3 rings (SSSR count). The number of carbonyl (C=O) groups excluding carboxylic acids is 1. The van der Waals surface area contributed by atoms with Gasteiger partial charge in [-0.05, 0) is 35.2 Å². The third kappa shape index (κ3) is 3.65. The maximum atomic E-state index is 12.4. The van der Waals surface area contributed by atoms with Crippen molar-refractivity contribution in [3.8, 4) is 11.8 Å². The van der Waals surface area contributed by atoms with E-state index in [1.807, 2.05) is 36.4 Å². The molecule has 5 heteroatoms. The molecule has 0 aliphatic carbocycles. The first-order chi connectivity index (χ1) is 12.2. The van der Waals surface area contributed by atoms with E-state index in [0.29, 0.717) is 11.6 Å². The van der Waals surface area contributed by atoms with E-state index in [-0.39, 0.29) is 5.57 Å². The van der Waals surface area contributed by atoms with Crippen LogP contribution in [0.5, 0.6) is 5.75 Å². The van der Waals surface area contributed by atoms with Gasteiger partial charge in [-0.3, -0.25) is 4.79 Å². The number of rotatable bonds is 4. The predicted octanol–water partition coefficient (Wildman–Crippen LogP) is 3.79. The van der Waals surface area contributed by atoms with Crippen molar-refractivity contribution >= 4 is 28.6 Å². The van der Waals surface area contributed by atoms with E-state index in [1.165, 1.54) is 6.08 Å². The lowest BCUT2D eigenvalue weighted by Crippen LogP contribution is -2.14. The summed E-state index contributed by atoms with van der Waals surface area (Å²) in [5, 5.41) is 13.8. The number of methoxy groups -OCH3 is 1. The van der Waals surface area contributed by atoms with Gasteiger partial charge >= 0.3 is 0 Å². The number of hydrogen-bond acceptors (Lipinski definition) is 4. The summed E-state index contributed by atoms with van der Waals surface area (Å²) in [6.45, 7) is 0. The second-order valence-electron chi connectivity index (χ2n) is 5.28. The minimum Gasteiger partial charge on any atom is -0.497 e. The molecule has 25 heavy (non-hydrogen) atoms. The van der Waals surface area contributed by atoms with Crippen LogP contribution in [0.15, 0.2) is 66.4 Å². The molecule has 3 aromatic rings. The number of nitriles is 1. The summed E-state index contributed by atoms with van der Waals surface area (Å²) in [5.74, 6) is 0.640. The fraction of sp³-hybridized carbons (Fsp3) is 0.0500. The van der Waals surface area contributed by atoms with Crippen molar-refractivity contribution in [1.82, 2.24) is 4.98 Å². The summed E-state index contributed by atoms with van der Waals surface area (Å²) in [5.41, 5.74) is 0.735. The Morgan fingerprint density at radius 2 is 1.92 bits per heavy atom. The molecular formula is C20H15N3O2. The van der Waals surface area contributed by atoms with E-state index < -0.39 is 5.91 Å². The summed E-state index contributed by atoms with van der Waals surface area (Å²) >= 11 is 0. The van der Waals surface area contributed by atoms with E-state index in [1.54, 1.807) is 37.6 Å². The van der Waals surface area contributed by atoms with Gasteiger partial charge in [0.15, 0.2) is 0 Å². The first-order valence-corrected chi connectivity index (χ1v) is 7.62. The standard InChI is InChI=1S/C20H15N3O2/c1-25-17-8-6-14(7-9-17)12-16(13-21)20(24)23-19-18-5-3-2-4-15(18)10-11-22-19/h2-12H,1H3,(H,22,23,24)/b16-12-. The van der Waals surface area contributed by atoms with Crippen LogP contribution in [0.3, 0.4) is 0 Å². The second kappa shape index (κ2) is 7.28. The number of anilines is 1. The zero-order valence-electron chi connectivity index (χ0n) is 13.6. The number of amides is 1. The van der Waals surface area contributed by atoms with Gasteiger partial charge in [-0.15, -0.1) is 0 Å². The Morgan fingerprint density at radius 3 is 2.64 bits per heavy atom. The molecular weight excluding hydrogens is 314 g/mol. The Balaban J connectivity index is 1.87. The molecule has 0 unspecified atom stereocenters. The van der Waals surface area contributed by atoms with Crippen LogP contribution in [0.1, 0.15) is 5.56 Å². The molecule has 0 aliphatic heterocycles. The first-order valence-electron chi connectivity index (χ1n) is 7.62. The van der Waals surface area contributed by atoms with Crippen LogP contribution in [0, 0.1) is 11.3 Å². The van der Waals surface area contributed by atoms with Gasteiger partial charge in [0.05, 0.1) is 7.11 Å². The zero-order chi connectivity index (χ0) is 17.6. The summed E-state index contributed by atoms with van der Waals surface area (Å²) in [4.78, 5) is 16.7. The lowest BCUT2D eigenvalue weighted by atomic mass is 10.1. The molecule has 0 spiro atoms. The number of fused-ring (bicyclic) bond motifs is 1. The van der Waals surface area contributed by atoms with Crippen LogP contribution >= 0.6 is 0 Å². The van der Waals surface area contributed by atoms with Crippen LogP contribution in [0.4, 0.5) is 5.82 Å². The van der Waals surface area contributed by atoms with Crippen molar-refractivity contribution in [1.29, 1.82) is 5.26 Å². The number of carbonyl (C=O) groups is 1. The largest absolute Gasteiger partial charge is 0.497 e. The molecule has 1 amide bonds. The van der Waals surface area contributed by atoms with Gasteiger partial charge in [-0.2, -0.15) is 5.26 Å². The van der Waals surface area contributed by atoms with E-state index in [2.05, 4.69) is 10.3 Å². The van der Waals surface area contributed by atoms with Crippen LogP contribution < -0.4 is 10.1 Å². The number of aromatic nitrogens is 1. The van der Waals surface area contributed by atoms with Crippen LogP contribution in [-0.4, -0.2) is 18.0 Å². The third-order valence-electron chi connectivity index (χ3n) is 3.70. The van der Waals surface area contributed by atoms with Crippen molar-refractivity contribution in [3.63, 3.8) is 0 Å². The summed E-state index contributed by atoms with van der Waals surface area (Å²) < 4.78 is 5.09. The van der Waals surface area contributed by atoms with Crippen molar-refractivity contribution in [3.05, 3.63) is 71.9 Å². The van der Waals surface area contributed by atoms with Gasteiger partial charge in [0, 0.05) is 11.6 Å². The van der Waals surface area contributed by atoms with Crippen molar-refractivity contribution in [2.45, 2.75) is 0 Å². The fourth-order valence-electron chi connectivity index (χ4n) is 2.41. The lowest BCUT2D eigenvalue weighted by molar-refractivity contribution is -0.112. The summed E-state index contributed by atoms with van der Waals surface area (Å²) in [6.07, 6.45) is 3.15. The summed E-state index contributed by atoms with van der Waals surface area (Å²) in [6, 6.07) is 18.5. The Labute approximate surface area is 145 Å². The first kappa shape index (κ1) is 16.2. The number of nitrogens with one attached hydrogen (secondary N) is 1. The average molecular weight is 329 g/mol. The minimum absolute atomic E-state index is 0.0000916. The highest BCUT2D eigenvalue weighted by Crippen LogP contribution is 2.21. The normalized spacial score (nSPS) is 11.0. The molecule has 0 bridgehead atoms.